The van der Waals surface area contributed by atoms with Crippen molar-refractivity contribution < 1.29 is 22.1 Å². The van der Waals surface area contributed by atoms with Gasteiger partial charge < -0.3 is 14.7 Å². The van der Waals surface area contributed by atoms with Gasteiger partial charge in [-0.1, -0.05) is 54.1 Å². The standard InChI is InChI=1S/C17H17B3ClNO5S/c18-16(11-7-4-8-12(21)9-11)14(23)13(15(22)26-16)27-28(24,25)17(19,20)10-5-2-1-3-6-10/h1-9H,18-20,22H2. The number of carbonyl (C=O) groups is 1. The average Bonchev–Trinajstić information content (AvgIpc) is 2.86. The van der Waals surface area contributed by atoms with Gasteiger partial charge in [0.1, 0.15) is 15.7 Å². The van der Waals surface area contributed by atoms with E-state index in [0.717, 1.165) is 0 Å². The number of hydrogen-bond donors (Lipinski definition) is 1. The number of ketones is 1. The molecule has 6 nitrogen and oxygen atoms in total. The minimum Gasteiger partial charge on any atom is -0.467 e. The number of rotatable bonds is 5. The molecule has 0 bridgehead atoms. The van der Waals surface area contributed by atoms with Crippen molar-refractivity contribution in [3.05, 3.63) is 82.4 Å². The number of nitrogens with two attached hydrogens (primary N) is 1. The summed E-state index contributed by atoms with van der Waals surface area (Å²) in [5.74, 6) is -1.62. The maximum absolute atomic E-state index is 13.0. The van der Waals surface area contributed by atoms with Crippen molar-refractivity contribution in [3.63, 3.8) is 0 Å². The quantitative estimate of drug-likeness (QED) is 0.512. The first-order valence-electron chi connectivity index (χ1n) is 8.48. The molecule has 28 heavy (non-hydrogen) atoms. The van der Waals surface area contributed by atoms with Crippen LogP contribution in [0, 0.1) is 0 Å². The van der Waals surface area contributed by atoms with Crippen molar-refractivity contribution >= 4 is 51.0 Å². The second kappa shape index (κ2) is 6.94. The monoisotopic (exact) mass is 415 g/mol. The minimum absolute atomic E-state index is 0.389. The van der Waals surface area contributed by atoms with E-state index in [1.54, 1.807) is 54.6 Å². The van der Waals surface area contributed by atoms with E-state index < -0.39 is 31.7 Å². The van der Waals surface area contributed by atoms with Gasteiger partial charge in [-0.2, -0.15) is 8.42 Å². The summed E-state index contributed by atoms with van der Waals surface area (Å²) in [4.78, 5) is 13.0. The summed E-state index contributed by atoms with van der Waals surface area (Å²) in [6, 6.07) is 15.1. The minimum atomic E-state index is -4.27. The third-order valence-corrected chi connectivity index (χ3v) is 6.95. The lowest BCUT2D eigenvalue weighted by Crippen LogP contribution is -2.40. The molecule has 0 aliphatic carbocycles. The summed E-state index contributed by atoms with van der Waals surface area (Å²) < 4.78 is 35.2. The number of carbonyl (C=O) groups excluding carboxylic acids is 1. The van der Waals surface area contributed by atoms with Crippen molar-refractivity contribution in [3.8, 4) is 0 Å². The zero-order valence-electron chi connectivity index (χ0n) is 15.6. The Balaban J connectivity index is 1.94. The Morgan fingerprint density at radius 1 is 1.11 bits per heavy atom. The van der Waals surface area contributed by atoms with Gasteiger partial charge in [-0.3, -0.25) is 4.79 Å². The zero-order valence-corrected chi connectivity index (χ0v) is 17.2. The highest BCUT2D eigenvalue weighted by atomic mass is 35.5. The van der Waals surface area contributed by atoms with Crippen LogP contribution in [0.4, 0.5) is 0 Å². The van der Waals surface area contributed by atoms with Crippen molar-refractivity contribution in [1.29, 1.82) is 0 Å². The van der Waals surface area contributed by atoms with Crippen molar-refractivity contribution in [2.45, 2.75) is 10.0 Å². The molecule has 1 unspecified atom stereocenters. The molecule has 3 rings (SSSR count). The molecule has 0 radical (unpaired) electrons. The first-order chi connectivity index (χ1) is 13.0. The second-order valence-corrected chi connectivity index (χ2v) is 9.61. The highest BCUT2D eigenvalue weighted by Gasteiger charge is 2.50. The summed E-state index contributed by atoms with van der Waals surface area (Å²) in [6.45, 7) is 0. The molecule has 2 aromatic carbocycles. The van der Waals surface area contributed by atoms with Gasteiger partial charge in [-0.25, -0.2) is 0 Å². The molecule has 2 N–H and O–H groups in total. The van der Waals surface area contributed by atoms with Gasteiger partial charge in [0.15, 0.2) is 13.3 Å². The lowest BCUT2D eigenvalue weighted by molar-refractivity contribution is -0.126. The molecule has 0 saturated heterocycles. The van der Waals surface area contributed by atoms with Crippen LogP contribution in [0.1, 0.15) is 11.1 Å². The van der Waals surface area contributed by atoms with Crippen LogP contribution in [-0.4, -0.2) is 37.7 Å². The second-order valence-electron chi connectivity index (χ2n) is 7.08. The number of hydrogen-bond acceptors (Lipinski definition) is 6. The summed E-state index contributed by atoms with van der Waals surface area (Å²) in [5, 5.41) is 0.404. The van der Waals surface area contributed by atoms with Gasteiger partial charge in [0.25, 0.3) is 0 Å². The molecule has 11 heteroatoms. The van der Waals surface area contributed by atoms with Crippen LogP contribution >= 0.6 is 11.6 Å². The van der Waals surface area contributed by atoms with Gasteiger partial charge in [-0.15, -0.1) is 0 Å². The van der Waals surface area contributed by atoms with E-state index in [-0.39, 0.29) is 5.88 Å². The number of benzene rings is 2. The van der Waals surface area contributed by atoms with Gasteiger partial charge in [-0.05, 0) is 23.3 Å². The van der Waals surface area contributed by atoms with Crippen molar-refractivity contribution in [2.24, 2.45) is 5.73 Å². The molecule has 2 aromatic rings. The first-order valence-corrected chi connectivity index (χ1v) is 10.3. The third-order valence-electron chi connectivity index (χ3n) is 4.84. The summed E-state index contributed by atoms with van der Waals surface area (Å²) in [7, 11) is 0.200. The lowest BCUT2D eigenvalue weighted by Gasteiger charge is -2.26. The predicted molar refractivity (Wildman–Crippen MR) is 114 cm³/mol. The topological polar surface area (TPSA) is 95.7 Å². The normalized spacial score (nSPS) is 20.1. The molecular formula is C17H17B3ClNO5S. The third kappa shape index (κ3) is 3.31. The van der Waals surface area contributed by atoms with E-state index in [2.05, 4.69) is 0 Å². The SMILES string of the molecule is BC1(c2cccc(Cl)c2)OC(N)=C(OS(=O)(=O)C(B)(B)c2ccccc2)C1=O. The van der Waals surface area contributed by atoms with Crippen LogP contribution in [0.5, 0.6) is 0 Å². The van der Waals surface area contributed by atoms with Crippen LogP contribution in [0.15, 0.2) is 66.2 Å². The average molecular weight is 415 g/mol. The zero-order chi connectivity index (χ0) is 20.7. The Labute approximate surface area is 171 Å². The Hall–Kier alpha value is -2.32. The molecule has 0 aromatic heterocycles. The largest absolute Gasteiger partial charge is 0.467 e. The van der Waals surface area contributed by atoms with Crippen LogP contribution < -0.4 is 5.73 Å². The van der Waals surface area contributed by atoms with Crippen molar-refractivity contribution in [1.82, 2.24) is 0 Å². The fourth-order valence-electron chi connectivity index (χ4n) is 2.89. The summed E-state index contributed by atoms with van der Waals surface area (Å²) >= 11 is 6.00. The van der Waals surface area contributed by atoms with Crippen LogP contribution in [0.3, 0.4) is 0 Å². The maximum Gasteiger partial charge on any atom is 0.304 e. The van der Waals surface area contributed by atoms with Gasteiger partial charge >= 0.3 is 10.1 Å². The molecule has 1 aliphatic rings. The fraction of sp³-hybridized carbons (Fsp3) is 0.118. The first kappa shape index (κ1) is 20.4. The van der Waals surface area contributed by atoms with Gasteiger partial charge in [0.2, 0.25) is 17.4 Å². The highest BCUT2D eigenvalue weighted by molar-refractivity contribution is 7.90. The smallest absolute Gasteiger partial charge is 0.304 e. The Morgan fingerprint density at radius 2 is 1.75 bits per heavy atom. The molecule has 1 aliphatic heterocycles. The Kier molecular flexibility index (Phi) is 5.06. The molecule has 0 fully saturated rings. The van der Waals surface area contributed by atoms with E-state index in [1.165, 1.54) is 23.5 Å². The number of Topliss-reactive ketones (excluding diaryl/α,β-unsaturated/α-hetero) is 1. The number of ether oxygens (including phenoxy) is 1. The summed E-state index contributed by atoms with van der Waals surface area (Å²) in [5.41, 5.74) is 5.24. The molecule has 1 heterocycles. The molecule has 0 saturated carbocycles. The Bertz CT molecular complexity index is 1080. The maximum atomic E-state index is 13.0. The highest BCUT2D eigenvalue weighted by Crippen LogP contribution is 2.38. The van der Waals surface area contributed by atoms with E-state index in [0.29, 0.717) is 16.1 Å². The fourth-order valence-corrected chi connectivity index (χ4v) is 4.09. The molecule has 142 valence electrons. The van der Waals surface area contributed by atoms with Gasteiger partial charge in [0.05, 0.1) is 4.55 Å². The van der Waals surface area contributed by atoms with Crippen LogP contribution in [-0.2, 0) is 33.9 Å². The summed E-state index contributed by atoms with van der Waals surface area (Å²) in [6.07, 6.45) is 0. The van der Waals surface area contributed by atoms with E-state index in [9.17, 15) is 13.2 Å². The van der Waals surface area contributed by atoms with Crippen LogP contribution in [0.25, 0.3) is 0 Å². The number of halogens is 1. The van der Waals surface area contributed by atoms with Gasteiger partial charge in [0, 0.05) is 5.02 Å². The van der Waals surface area contributed by atoms with Crippen molar-refractivity contribution in [2.75, 3.05) is 0 Å². The Morgan fingerprint density at radius 3 is 2.36 bits per heavy atom. The van der Waals surface area contributed by atoms with E-state index in [1.807, 2.05) is 0 Å². The molecule has 0 spiro atoms. The lowest BCUT2D eigenvalue weighted by atomic mass is 9.65. The van der Waals surface area contributed by atoms with Crippen LogP contribution in [0.2, 0.25) is 5.02 Å². The van der Waals surface area contributed by atoms with E-state index >= 15 is 0 Å². The van der Waals surface area contributed by atoms with E-state index in [4.69, 9.17) is 26.3 Å². The molecule has 0 amide bonds. The predicted octanol–water partition coefficient (Wildman–Crippen LogP) is -0.724. The molecule has 1 atom stereocenters. The molecular weight excluding hydrogens is 398 g/mol.